The third-order valence-electron chi connectivity index (χ3n) is 3.05. The smallest absolute Gasteiger partial charge is 0.395 e. The Morgan fingerprint density at radius 1 is 1.22 bits per heavy atom. The van der Waals surface area contributed by atoms with Gasteiger partial charge in [-0.1, -0.05) is 30.3 Å². The van der Waals surface area contributed by atoms with Crippen LogP contribution in [0.3, 0.4) is 0 Å². The lowest BCUT2D eigenvalue weighted by atomic mass is 10.2. The van der Waals surface area contributed by atoms with Gasteiger partial charge < -0.3 is 9.26 Å². The third-order valence-corrected chi connectivity index (χ3v) is 3.32. The Labute approximate surface area is 134 Å². The normalized spacial score (nSPS) is 11.3. The zero-order chi connectivity index (χ0) is 16.7. The fraction of sp³-hybridized carbons (Fsp3) is 0.125. The van der Waals surface area contributed by atoms with Crippen molar-refractivity contribution < 1.29 is 18.7 Å². The molecule has 118 valence electrons. The summed E-state index contributed by atoms with van der Waals surface area (Å²) >= 11 is 0. The highest BCUT2D eigenvalue weighted by molar-refractivity contribution is 7.17. The predicted molar refractivity (Wildman–Crippen MR) is 86.1 cm³/mol. The van der Waals surface area contributed by atoms with Gasteiger partial charge in [-0.25, -0.2) is 4.57 Å². The van der Waals surface area contributed by atoms with Crippen LogP contribution in [-0.4, -0.2) is 4.92 Å². The zero-order valence-electron chi connectivity index (χ0n) is 12.3. The first-order valence-corrected chi connectivity index (χ1v) is 7.46. The quantitative estimate of drug-likeness (QED) is 0.424. The van der Waals surface area contributed by atoms with E-state index in [1.165, 1.54) is 13.0 Å². The Balaban J connectivity index is 2.03. The van der Waals surface area contributed by atoms with Gasteiger partial charge >= 0.3 is 8.69 Å². The van der Waals surface area contributed by atoms with Crippen molar-refractivity contribution in [3.05, 3.63) is 75.5 Å². The van der Waals surface area contributed by atoms with Crippen molar-refractivity contribution >= 4 is 14.8 Å². The molecule has 2 aromatic carbocycles. The van der Waals surface area contributed by atoms with E-state index in [4.69, 9.17) is 9.26 Å². The van der Waals surface area contributed by atoms with Gasteiger partial charge in [0.2, 0.25) is 5.70 Å². The average Bonchev–Trinajstić information content (AvgIpc) is 2.55. The molecule has 0 heterocycles. The highest BCUT2D eigenvalue weighted by atomic mass is 31.1. The highest BCUT2D eigenvalue weighted by Crippen LogP contribution is 2.23. The van der Waals surface area contributed by atoms with E-state index in [9.17, 15) is 14.7 Å². The minimum atomic E-state index is -0.434. The molecule has 0 aliphatic heterocycles. The van der Waals surface area contributed by atoms with Crippen LogP contribution in [0.1, 0.15) is 18.1 Å². The lowest BCUT2D eigenvalue weighted by Crippen LogP contribution is -1.97. The maximum atomic E-state index is 10.6. The van der Waals surface area contributed by atoms with Crippen LogP contribution in [0.5, 0.6) is 11.5 Å². The molecule has 7 heteroatoms. The molecule has 2 rings (SSSR count). The third kappa shape index (κ3) is 4.90. The topological polar surface area (TPSA) is 78.7 Å². The first kappa shape index (κ1) is 16.6. The fourth-order valence-electron chi connectivity index (χ4n) is 1.87. The minimum Gasteiger partial charge on any atom is -0.489 e. The molecule has 0 atom stereocenters. The van der Waals surface area contributed by atoms with Crippen molar-refractivity contribution in [1.82, 2.24) is 0 Å². The molecule has 0 spiro atoms. The average molecular weight is 331 g/mol. The van der Waals surface area contributed by atoms with Gasteiger partial charge in [-0.05, 0) is 23.8 Å². The van der Waals surface area contributed by atoms with Crippen molar-refractivity contribution in [2.45, 2.75) is 13.5 Å². The Morgan fingerprint density at radius 2 is 1.91 bits per heavy atom. The van der Waals surface area contributed by atoms with Gasteiger partial charge in [0.15, 0.2) is 0 Å². The maximum absolute atomic E-state index is 10.6. The van der Waals surface area contributed by atoms with Crippen molar-refractivity contribution in [3.63, 3.8) is 0 Å². The second-order valence-electron chi connectivity index (χ2n) is 4.67. The Bertz CT molecular complexity index is 728. The van der Waals surface area contributed by atoms with Crippen molar-refractivity contribution in [3.8, 4) is 11.5 Å². The molecule has 0 radical (unpaired) electrons. The van der Waals surface area contributed by atoms with E-state index >= 15 is 0 Å². The monoisotopic (exact) mass is 331 g/mol. The molecule has 0 aliphatic rings. The molecule has 2 aromatic rings. The largest absolute Gasteiger partial charge is 0.489 e. The minimum absolute atomic E-state index is 0.0709. The summed E-state index contributed by atoms with van der Waals surface area (Å²) < 4.78 is 21.2. The summed E-state index contributed by atoms with van der Waals surface area (Å²) in [7, 11) is -0.419. The SMILES string of the molecule is C/C(=C\c1ccc(OCc2ccccc2OP=O)cc1)[N+](=O)[O-]. The highest BCUT2D eigenvalue weighted by Gasteiger charge is 2.05. The molecule has 6 nitrogen and oxygen atoms in total. The number of nitrogens with zero attached hydrogens (tertiary/aromatic N) is 1. The first-order chi connectivity index (χ1) is 11.1. The number of hydrogen-bond acceptors (Lipinski definition) is 5. The fourth-order valence-corrected chi connectivity index (χ4v) is 2.13. The van der Waals surface area contributed by atoms with Gasteiger partial charge in [0.25, 0.3) is 0 Å². The summed E-state index contributed by atoms with van der Waals surface area (Å²) in [5.41, 5.74) is 1.56. The number of hydrogen-bond donors (Lipinski definition) is 0. The summed E-state index contributed by atoms with van der Waals surface area (Å²) in [5.74, 6) is 1.11. The van der Waals surface area contributed by atoms with E-state index in [0.29, 0.717) is 11.5 Å². The molecule has 0 saturated carbocycles. The number of benzene rings is 2. The molecular formula is C16H14NO5P. The van der Waals surface area contributed by atoms with E-state index in [-0.39, 0.29) is 12.3 Å². The Hall–Kier alpha value is -2.72. The Morgan fingerprint density at radius 3 is 2.57 bits per heavy atom. The van der Waals surface area contributed by atoms with E-state index in [1.807, 2.05) is 12.1 Å². The molecule has 0 N–H and O–H groups in total. The van der Waals surface area contributed by atoms with Gasteiger partial charge in [0.1, 0.15) is 18.1 Å². The summed E-state index contributed by atoms with van der Waals surface area (Å²) in [6.07, 6.45) is 1.49. The van der Waals surface area contributed by atoms with Crippen LogP contribution in [0.15, 0.2) is 54.2 Å². The first-order valence-electron chi connectivity index (χ1n) is 6.73. The molecular weight excluding hydrogens is 317 g/mol. The molecule has 0 aromatic heterocycles. The van der Waals surface area contributed by atoms with Gasteiger partial charge in [-0.15, -0.1) is 0 Å². The number of ether oxygens (including phenoxy) is 1. The van der Waals surface area contributed by atoms with Crippen LogP contribution in [-0.2, 0) is 11.2 Å². The van der Waals surface area contributed by atoms with Crippen LogP contribution in [0.4, 0.5) is 0 Å². The van der Waals surface area contributed by atoms with Crippen LogP contribution >= 0.6 is 8.69 Å². The standard InChI is InChI=1S/C16H14NO5P/c1-12(17(18)19)10-13-6-8-15(9-7-13)21-11-14-4-2-3-5-16(14)22-23-20/h2-10H,11H2,1H3/b12-10+. The van der Waals surface area contributed by atoms with Crippen LogP contribution in [0, 0.1) is 10.1 Å². The predicted octanol–water partition coefficient (Wildman–Crippen LogP) is 4.49. The van der Waals surface area contributed by atoms with Crippen LogP contribution in [0.2, 0.25) is 0 Å². The van der Waals surface area contributed by atoms with Crippen molar-refractivity contribution in [2.24, 2.45) is 0 Å². The number of para-hydroxylation sites is 1. The Kier molecular flexibility index (Phi) is 5.83. The maximum Gasteiger partial charge on any atom is 0.395 e. The molecule has 23 heavy (non-hydrogen) atoms. The van der Waals surface area contributed by atoms with E-state index < -0.39 is 13.6 Å². The van der Waals surface area contributed by atoms with Crippen LogP contribution in [0.25, 0.3) is 6.08 Å². The summed E-state index contributed by atoms with van der Waals surface area (Å²) in [6.45, 7) is 1.70. The molecule has 0 amide bonds. The molecule has 0 aliphatic carbocycles. The lowest BCUT2D eigenvalue weighted by Gasteiger charge is -2.09. The summed E-state index contributed by atoms with van der Waals surface area (Å²) in [6, 6.07) is 14.1. The van der Waals surface area contributed by atoms with Gasteiger partial charge in [-0.3, -0.25) is 10.1 Å². The van der Waals surface area contributed by atoms with Gasteiger partial charge in [0.05, 0.1) is 4.92 Å². The number of rotatable bonds is 7. The second kappa shape index (κ2) is 8.06. The summed E-state index contributed by atoms with van der Waals surface area (Å²) in [5, 5.41) is 10.6. The molecule has 0 bridgehead atoms. The van der Waals surface area contributed by atoms with E-state index in [1.54, 1.807) is 36.4 Å². The van der Waals surface area contributed by atoms with E-state index in [2.05, 4.69) is 0 Å². The van der Waals surface area contributed by atoms with Crippen molar-refractivity contribution in [2.75, 3.05) is 0 Å². The number of allylic oxidation sites excluding steroid dienone is 1. The number of nitro groups is 1. The van der Waals surface area contributed by atoms with Crippen molar-refractivity contribution in [1.29, 1.82) is 0 Å². The second-order valence-corrected chi connectivity index (χ2v) is 5.01. The molecule has 0 saturated heterocycles. The molecule has 0 fully saturated rings. The van der Waals surface area contributed by atoms with Gasteiger partial charge in [-0.2, -0.15) is 0 Å². The van der Waals surface area contributed by atoms with E-state index in [0.717, 1.165) is 11.1 Å². The summed E-state index contributed by atoms with van der Waals surface area (Å²) in [4.78, 5) is 10.2. The molecule has 0 unspecified atom stereocenters. The van der Waals surface area contributed by atoms with Crippen LogP contribution < -0.4 is 9.26 Å². The van der Waals surface area contributed by atoms with Gasteiger partial charge in [0, 0.05) is 18.6 Å². The lowest BCUT2D eigenvalue weighted by molar-refractivity contribution is -0.422. The zero-order valence-corrected chi connectivity index (χ0v) is 13.2.